The summed E-state index contributed by atoms with van der Waals surface area (Å²) in [5, 5.41) is 11.9. The third-order valence-corrected chi connectivity index (χ3v) is 3.52. The molecule has 0 spiro atoms. The summed E-state index contributed by atoms with van der Waals surface area (Å²) < 4.78 is 5.15. The zero-order chi connectivity index (χ0) is 14.6. The fraction of sp³-hybridized carbons (Fsp3) is 0.615. The number of aromatic nitrogens is 2. The number of amides is 1. The molecular formula is C13H19N3O4. The lowest BCUT2D eigenvalue weighted by molar-refractivity contribution is -0.125. The van der Waals surface area contributed by atoms with Crippen molar-refractivity contribution in [1.29, 1.82) is 0 Å². The first-order valence-electron chi connectivity index (χ1n) is 6.75. The first-order valence-corrected chi connectivity index (χ1v) is 6.75. The van der Waals surface area contributed by atoms with Crippen LogP contribution in [0.25, 0.3) is 0 Å². The van der Waals surface area contributed by atoms with E-state index in [0.29, 0.717) is 25.5 Å². The monoisotopic (exact) mass is 281 g/mol. The number of carbonyl (C=O) groups excluding carboxylic acids is 1. The van der Waals surface area contributed by atoms with Crippen LogP contribution < -0.4 is 5.32 Å². The van der Waals surface area contributed by atoms with Gasteiger partial charge in [0.1, 0.15) is 11.5 Å². The van der Waals surface area contributed by atoms with Crippen LogP contribution in [0.2, 0.25) is 0 Å². The van der Waals surface area contributed by atoms with Gasteiger partial charge in [-0.2, -0.15) is 0 Å². The molecule has 0 aliphatic heterocycles. The van der Waals surface area contributed by atoms with E-state index in [4.69, 9.17) is 9.84 Å². The molecule has 1 amide bonds. The molecule has 1 aliphatic rings. The Kier molecular flexibility index (Phi) is 4.39. The van der Waals surface area contributed by atoms with Crippen molar-refractivity contribution in [2.75, 3.05) is 13.2 Å². The summed E-state index contributed by atoms with van der Waals surface area (Å²) in [6.45, 7) is 2.84. The first-order chi connectivity index (χ1) is 9.57. The van der Waals surface area contributed by atoms with Crippen molar-refractivity contribution >= 4 is 11.9 Å². The molecule has 1 fully saturated rings. The minimum atomic E-state index is -1.05. The molecule has 1 aromatic rings. The highest BCUT2D eigenvalue weighted by molar-refractivity contribution is 5.85. The van der Waals surface area contributed by atoms with Crippen molar-refractivity contribution in [2.24, 2.45) is 0 Å². The summed E-state index contributed by atoms with van der Waals surface area (Å²) in [5.74, 6) is -0.641. The van der Waals surface area contributed by atoms with Gasteiger partial charge in [-0.25, -0.2) is 9.78 Å². The molecule has 20 heavy (non-hydrogen) atoms. The maximum absolute atomic E-state index is 11.9. The molecule has 3 N–H and O–H groups in total. The summed E-state index contributed by atoms with van der Waals surface area (Å²) >= 11 is 0. The van der Waals surface area contributed by atoms with Crippen LogP contribution in [0, 0.1) is 0 Å². The Labute approximate surface area is 116 Å². The third kappa shape index (κ3) is 2.98. The van der Waals surface area contributed by atoms with Crippen LogP contribution in [0.5, 0.6) is 0 Å². The van der Waals surface area contributed by atoms with Crippen molar-refractivity contribution in [2.45, 2.75) is 38.1 Å². The zero-order valence-corrected chi connectivity index (χ0v) is 11.4. The molecule has 7 nitrogen and oxygen atoms in total. The lowest BCUT2D eigenvalue weighted by atomic mass is 9.76. The predicted octanol–water partition coefficient (Wildman–Crippen LogP) is 1.03. The molecule has 0 saturated heterocycles. The van der Waals surface area contributed by atoms with E-state index in [9.17, 15) is 9.59 Å². The zero-order valence-electron chi connectivity index (χ0n) is 11.4. The number of hydrogen-bond donors (Lipinski definition) is 3. The summed E-state index contributed by atoms with van der Waals surface area (Å²) in [7, 11) is 0. The summed E-state index contributed by atoms with van der Waals surface area (Å²) in [6.07, 6.45) is 4.08. The van der Waals surface area contributed by atoms with Crippen molar-refractivity contribution in [3.8, 4) is 0 Å². The Morgan fingerprint density at radius 2 is 2.30 bits per heavy atom. The number of hydrogen-bond acceptors (Lipinski definition) is 4. The molecule has 0 atom stereocenters. The Morgan fingerprint density at radius 1 is 1.55 bits per heavy atom. The maximum atomic E-state index is 11.9. The van der Waals surface area contributed by atoms with Crippen LogP contribution >= 0.6 is 0 Å². The van der Waals surface area contributed by atoms with Gasteiger partial charge in [0.2, 0.25) is 5.91 Å². The van der Waals surface area contributed by atoms with E-state index in [1.807, 2.05) is 6.92 Å². The average Bonchev–Trinajstić information content (AvgIpc) is 2.84. The molecule has 0 unspecified atom stereocenters. The van der Waals surface area contributed by atoms with Crippen molar-refractivity contribution in [3.63, 3.8) is 0 Å². The number of carbonyl (C=O) groups is 2. The molecule has 1 heterocycles. The molecule has 0 aromatic carbocycles. The van der Waals surface area contributed by atoms with Gasteiger partial charge in [-0.1, -0.05) is 0 Å². The number of nitrogens with zero attached hydrogens (tertiary/aromatic N) is 1. The third-order valence-electron chi connectivity index (χ3n) is 3.52. The maximum Gasteiger partial charge on any atom is 0.353 e. The molecule has 0 radical (unpaired) electrons. The van der Waals surface area contributed by atoms with E-state index in [1.165, 1.54) is 6.20 Å². The van der Waals surface area contributed by atoms with Gasteiger partial charge in [-0.3, -0.25) is 4.79 Å². The van der Waals surface area contributed by atoms with Gasteiger partial charge in [0.05, 0.1) is 18.3 Å². The smallest absolute Gasteiger partial charge is 0.353 e. The topological polar surface area (TPSA) is 104 Å². The fourth-order valence-electron chi connectivity index (χ4n) is 2.26. The molecule has 7 heteroatoms. The largest absolute Gasteiger partial charge is 0.477 e. The van der Waals surface area contributed by atoms with Gasteiger partial charge in [-0.15, -0.1) is 0 Å². The van der Waals surface area contributed by atoms with Gasteiger partial charge in [-0.05, 0) is 26.2 Å². The highest BCUT2D eigenvalue weighted by Gasteiger charge is 2.42. The average molecular weight is 281 g/mol. The molecule has 110 valence electrons. The highest BCUT2D eigenvalue weighted by atomic mass is 16.5. The number of nitrogens with one attached hydrogen (secondary N) is 2. The number of aromatic amines is 1. The lowest BCUT2D eigenvalue weighted by Crippen LogP contribution is -2.51. The van der Waals surface area contributed by atoms with E-state index in [-0.39, 0.29) is 11.6 Å². The predicted molar refractivity (Wildman–Crippen MR) is 70.3 cm³/mol. The van der Waals surface area contributed by atoms with Crippen LogP contribution in [0.1, 0.15) is 48.9 Å². The van der Waals surface area contributed by atoms with Crippen molar-refractivity contribution in [1.82, 2.24) is 15.3 Å². The fourth-order valence-corrected chi connectivity index (χ4v) is 2.26. The van der Waals surface area contributed by atoms with Crippen molar-refractivity contribution in [3.05, 3.63) is 17.7 Å². The van der Waals surface area contributed by atoms with E-state index in [0.717, 1.165) is 19.3 Å². The summed E-state index contributed by atoms with van der Waals surface area (Å²) in [4.78, 5) is 29.6. The van der Waals surface area contributed by atoms with Crippen LogP contribution in [0.3, 0.4) is 0 Å². The second-order valence-corrected chi connectivity index (χ2v) is 4.88. The number of H-pyrrole nitrogens is 1. The van der Waals surface area contributed by atoms with Crippen molar-refractivity contribution < 1.29 is 19.4 Å². The molecule has 1 saturated carbocycles. The number of ether oxygens (including phenoxy) is 1. The van der Waals surface area contributed by atoms with E-state index >= 15 is 0 Å². The Morgan fingerprint density at radius 3 is 2.80 bits per heavy atom. The molecular weight excluding hydrogens is 262 g/mol. The van der Waals surface area contributed by atoms with Gasteiger partial charge < -0.3 is 20.1 Å². The summed E-state index contributed by atoms with van der Waals surface area (Å²) in [6, 6.07) is 0. The van der Waals surface area contributed by atoms with Gasteiger partial charge in [0.15, 0.2) is 0 Å². The lowest BCUT2D eigenvalue weighted by Gasteiger charge is -2.40. The Balaban J connectivity index is 2.01. The Bertz CT molecular complexity index is 494. The number of imidazole rings is 1. The van der Waals surface area contributed by atoms with Crippen LogP contribution in [-0.4, -0.2) is 40.2 Å². The van der Waals surface area contributed by atoms with Crippen LogP contribution in [-0.2, 0) is 15.1 Å². The van der Waals surface area contributed by atoms with E-state index in [2.05, 4.69) is 15.3 Å². The first kappa shape index (κ1) is 14.5. The standard InChI is InChI=1S/C13H19N3O4/c1-2-20-7-4-10(17)16-13(5-3-6-13)12-14-8-9(15-12)11(18)19/h8H,2-7H2,1H3,(H,14,15)(H,16,17)(H,18,19). The van der Waals surface area contributed by atoms with Gasteiger partial charge in [0.25, 0.3) is 0 Å². The quantitative estimate of drug-likeness (QED) is 0.647. The number of carboxylic acid groups (broad SMARTS) is 1. The minimum absolute atomic E-state index is 0.0369. The number of rotatable bonds is 7. The molecule has 1 aromatic heterocycles. The van der Waals surface area contributed by atoms with E-state index in [1.54, 1.807) is 0 Å². The number of aromatic carboxylic acids is 1. The van der Waals surface area contributed by atoms with Gasteiger partial charge >= 0.3 is 5.97 Å². The van der Waals surface area contributed by atoms with E-state index < -0.39 is 11.5 Å². The van der Waals surface area contributed by atoms with Crippen LogP contribution in [0.15, 0.2) is 6.20 Å². The second kappa shape index (κ2) is 6.04. The molecule has 2 rings (SSSR count). The molecule has 1 aliphatic carbocycles. The minimum Gasteiger partial charge on any atom is -0.477 e. The molecule has 0 bridgehead atoms. The highest BCUT2D eigenvalue weighted by Crippen LogP contribution is 2.39. The SMILES string of the molecule is CCOCCC(=O)NC1(c2ncc(C(=O)O)[nH]2)CCC1. The van der Waals surface area contributed by atoms with Gasteiger partial charge in [0, 0.05) is 13.0 Å². The number of carboxylic acids is 1. The second-order valence-electron chi connectivity index (χ2n) is 4.88. The Hall–Kier alpha value is -1.89. The van der Waals surface area contributed by atoms with Crippen LogP contribution in [0.4, 0.5) is 0 Å². The normalized spacial score (nSPS) is 16.4. The summed E-state index contributed by atoms with van der Waals surface area (Å²) in [5.41, 5.74) is -0.508.